The van der Waals surface area contributed by atoms with E-state index in [1.165, 1.54) is 32.1 Å². The largest absolute Gasteiger partial charge is 0.392 e. The summed E-state index contributed by atoms with van der Waals surface area (Å²) in [4.78, 5) is 4.91. The van der Waals surface area contributed by atoms with E-state index in [1.807, 2.05) is 36.5 Å². The van der Waals surface area contributed by atoms with E-state index < -0.39 is 0 Å². The molecule has 1 fully saturated rings. The number of aliphatic hydroxyl groups is 1. The monoisotopic (exact) mass is 322 g/mol. The molecule has 124 valence electrons. The smallest absolute Gasteiger partial charge is 0.165 e. The molecule has 0 radical (unpaired) electrons. The summed E-state index contributed by atoms with van der Waals surface area (Å²) in [6.45, 7) is 0.0477. The van der Waals surface area contributed by atoms with Gasteiger partial charge in [0.2, 0.25) is 0 Å². The van der Waals surface area contributed by atoms with Crippen molar-refractivity contribution >= 4 is 11.5 Å². The zero-order chi connectivity index (χ0) is 16.5. The first-order valence-electron chi connectivity index (χ1n) is 8.60. The van der Waals surface area contributed by atoms with Crippen molar-refractivity contribution in [1.29, 1.82) is 0 Å². The molecule has 2 heterocycles. The van der Waals surface area contributed by atoms with Gasteiger partial charge in [-0.1, -0.05) is 43.5 Å². The summed E-state index contributed by atoms with van der Waals surface area (Å²) in [7, 11) is 0. The van der Waals surface area contributed by atoms with Gasteiger partial charge >= 0.3 is 0 Å². The number of nitrogen functional groups attached to an aromatic ring is 1. The molecule has 3 N–H and O–H groups in total. The average molecular weight is 322 g/mol. The minimum atomic E-state index is 0.0477. The van der Waals surface area contributed by atoms with Crippen molar-refractivity contribution in [3.63, 3.8) is 0 Å². The molecule has 0 atom stereocenters. The maximum Gasteiger partial charge on any atom is 0.165 e. The van der Waals surface area contributed by atoms with Crippen LogP contribution in [0.4, 0.5) is 5.82 Å². The highest BCUT2D eigenvalue weighted by molar-refractivity contribution is 5.78. The molecule has 4 rings (SSSR count). The molecule has 0 bridgehead atoms. The Balaban J connectivity index is 1.79. The summed E-state index contributed by atoms with van der Waals surface area (Å²) in [5.41, 5.74) is 11.0. The van der Waals surface area contributed by atoms with Crippen LogP contribution in [-0.4, -0.2) is 19.7 Å². The van der Waals surface area contributed by atoms with Gasteiger partial charge < -0.3 is 10.8 Å². The van der Waals surface area contributed by atoms with Gasteiger partial charge in [0.1, 0.15) is 5.82 Å². The maximum absolute atomic E-state index is 9.20. The molecule has 1 aromatic carbocycles. The molecule has 2 aromatic heterocycles. The summed E-state index contributed by atoms with van der Waals surface area (Å²) in [5.74, 6) is 1.14. The standard InChI is InChI=1S/C19H22N4O/c20-18-10-17(15-4-2-1-3-5-15)22-19-16(11-21-23(18)19)14-8-6-13(12-24)7-9-14/h6-11,15,24H,1-5,12,20H2. The van der Waals surface area contributed by atoms with E-state index in [2.05, 4.69) is 5.10 Å². The number of anilines is 1. The van der Waals surface area contributed by atoms with Crippen LogP contribution < -0.4 is 5.73 Å². The molecule has 0 saturated heterocycles. The predicted molar refractivity (Wildman–Crippen MR) is 94.6 cm³/mol. The second-order valence-electron chi connectivity index (χ2n) is 6.59. The van der Waals surface area contributed by atoms with Crippen LogP contribution in [0.1, 0.15) is 49.3 Å². The molecule has 0 amide bonds. The number of benzene rings is 1. The number of nitrogens with zero attached hydrogens (tertiary/aromatic N) is 3. The van der Waals surface area contributed by atoms with Crippen molar-refractivity contribution in [3.05, 3.63) is 47.8 Å². The van der Waals surface area contributed by atoms with E-state index in [1.54, 1.807) is 4.52 Å². The Labute approximate surface area is 141 Å². The fraction of sp³-hybridized carbons (Fsp3) is 0.368. The highest BCUT2D eigenvalue weighted by Crippen LogP contribution is 2.34. The predicted octanol–water partition coefficient (Wildman–Crippen LogP) is 3.52. The minimum absolute atomic E-state index is 0.0477. The third-order valence-electron chi connectivity index (χ3n) is 4.99. The van der Waals surface area contributed by atoms with Crippen LogP contribution in [0.15, 0.2) is 36.5 Å². The van der Waals surface area contributed by atoms with Crippen LogP contribution in [-0.2, 0) is 6.61 Å². The first-order valence-corrected chi connectivity index (χ1v) is 8.60. The summed E-state index contributed by atoms with van der Waals surface area (Å²) in [6.07, 6.45) is 8.06. The zero-order valence-corrected chi connectivity index (χ0v) is 13.7. The fourth-order valence-electron chi connectivity index (χ4n) is 3.61. The van der Waals surface area contributed by atoms with E-state index in [0.29, 0.717) is 11.7 Å². The Hall–Kier alpha value is -2.40. The summed E-state index contributed by atoms with van der Waals surface area (Å²) >= 11 is 0. The fourth-order valence-corrected chi connectivity index (χ4v) is 3.61. The molecule has 0 spiro atoms. The molecule has 3 aromatic rings. The number of hydrogen-bond donors (Lipinski definition) is 2. The Bertz CT molecular complexity index is 848. The number of fused-ring (bicyclic) bond motifs is 1. The molecule has 1 aliphatic carbocycles. The molecule has 0 aliphatic heterocycles. The van der Waals surface area contributed by atoms with Crippen molar-refractivity contribution in [2.45, 2.75) is 44.6 Å². The number of aromatic nitrogens is 3. The van der Waals surface area contributed by atoms with Gasteiger partial charge in [-0.05, 0) is 24.0 Å². The Morgan fingerprint density at radius 3 is 2.58 bits per heavy atom. The van der Waals surface area contributed by atoms with Crippen LogP contribution in [0.5, 0.6) is 0 Å². The second-order valence-corrected chi connectivity index (χ2v) is 6.59. The molecule has 24 heavy (non-hydrogen) atoms. The van der Waals surface area contributed by atoms with Crippen LogP contribution in [0.25, 0.3) is 16.8 Å². The van der Waals surface area contributed by atoms with Crippen LogP contribution in [0.2, 0.25) is 0 Å². The summed E-state index contributed by atoms with van der Waals surface area (Å²) in [5, 5.41) is 13.6. The van der Waals surface area contributed by atoms with Crippen LogP contribution in [0.3, 0.4) is 0 Å². The lowest BCUT2D eigenvalue weighted by Crippen LogP contribution is -2.10. The zero-order valence-electron chi connectivity index (χ0n) is 13.7. The quantitative estimate of drug-likeness (QED) is 0.773. The number of rotatable bonds is 3. The molecule has 1 aliphatic rings. The first-order chi connectivity index (χ1) is 11.8. The topological polar surface area (TPSA) is 76.4 Å². The molecule has 1 saturated carbocycles. The number of hydrogen-bond acceptors (Lipinski definition) is 4. The van der Waals surface area contributed by atoms with E-state index in [-0.39, 0.29) is 6.61 Å². The Kier molecular flexibility index (Phi) is 3.94. The SMILES string of the molecule is Nc1cc(C2CCCCC2)nc2c(-c3ccc(CO)cc3)cnn12. The Morgan fingerprint density at radius 1 is 1.12 bits per heavy atom. The lowest BCUT2D eigenvalue weighted by Gasteiger charge is -2.21. The van der Waals surface area contributed by atoms with E-state index >= 15 is 0 Å². The average Bonchev–Trinajstić information content (AvgIpc) is 3.07. The van der Waals surface area contributed by atoms with Gasteiger partial charge in [-0.3, -0.25) is 0 Å². The number of nitrogens with two attached hydrogens (primary N) is 1. The van der Waals surface area contributed by atoms with Gasteiger partial charge in [0.05, 0.1) is 12.8 Å². The molecular weight excluding hydrogens is 300 g/mol. The lowest BCUT2D eigenvalue weighted by atomic mass is 9.87. The third kappa shape index (κ3) is 2.65. The van der Waals surface area contributed by atoms with Crippen molar-refractivity contribution in [3.8, 4) is 11.1 Å². The highest BCUT2D eigenvalue weighted by Gasteiger charge is 2.20. The number of aliphatic hydroxyl groups excluding tert-OH is 1. The van der Waals surface area contributed by atoms with Gasteiger partial charge in [-0.15, -0.1) is 0 Å². The lowest BCUT2D eigenvalue weighted by molar-refractivity contribution is 0.282. The van der Waals surface area contributed by atoms with Crippen LogP contribution >= 0.6 is 0 Å². The Morgan fingerprint density at radius 2 is 1.88 bits per heavy atom. The van der Waals surface area contributed by atoms with E-state index in [0.717, 1.165) is 28.0 Å². The highest BCUT2D eigenvalue weighted by atomic mass is 16.3. The van der Waals surface area contributed by atoms with Gasteiger partial charge in [-0.25, -0.2) is 4.98 Å². The van der Waals surface area contributed by atoms with Gasteiger partial charge in [-0.2, -0.15) is 9.61 Å². The summed E-state index contributed by atoms with van der Waals surface area (Å²) in [6, 6.07) is 9.82. The molecule has 0 unspecified atom stereocenters. The van der Waals surface area contributed by atoms with Crippen molar-refractivity contribution < 1.29 is 5.11 Å². The van der Waals surface area contributed by atoms with Crippen molar-refractivity contribution in [2.75, 3.05) is 5.73 Å². The molecule has 5 nitrogen and oxygen atoms in total. The second kappa shape index (κ2) is 6.24. The van der Waals surface area contributed by atoms with E-state index in [4.69, 9.17) is 10.7 Å². The van der Waals surface area contributed by atoms with Crippen molar-refractivity contribution in [1.82, 2.24) is 14.6 Å². The molecular formula is C19H22N4O. The molecule has 5 heteroatoms. The van der Waals surface area contributed by atoms with Gasteiger partial charge in [0, 0.05) is 23.2 Å². The third-order valence-corrected chi connectivity index (χ3v) is 4.99. The minimum Gasteiger partial charge on any atom is -0.392 e. The normalized spacial score (nSPS) is 15.9. The van der Waals surface area contributed by atoms with E-state index in [9.17, 15) is 5.11 Å². The summed E-state index contributed by atoms with van der Waals surface area (Å²) < 4.78 is 1.71. The maximum atomic E-state index is 9.20. The first kappa shape index (κ1) is 15.1. The van der Waals surface area contributed by atoms with Crippen LogP contribution in [0, 0.1) is 0 Å². The van der Waals surface area contributed by atoms with Gasteiger partial charge in [0.25, 0.3) is 0 Å². The van der Waals surface area contributed by atoms with Crippen molar-refractivity contribution in [2.24, 2.45) is 0 Å². The van der Waals surface area contributed by atoms with Gasteiger partial charge in [0.15, 0.2) is 5.65 Å².